The van der Waals surface area contributed by atoms with Crippen molar-refractivity contribution in [1.82, 2.24) is 4.98 Å². The number of aromatic nitrogens is 1. The first-order valence-electron chi connectivity index (χ1n) is 12.8. The number of anilines is 1. The number of ether oxygens (including phenoxy) is 1. The Bertz CT molecular complexity index is 1520. The minimum atomic E-state index is -5.17. The smallest absolute Gasteiger partial charge is 0.425 e. The Kier molecular flexibility index (Phi) is 7.76. The van der Waals surface area contributed by atoms with E-state index in [0.717, 1.165) is 29.0 Å². The fraction of sp³-hybridized carbons (Fsp3) is 0.121. The van der Waals surface area contributed by atoms with Gasteiger partial charge in [0.2, 0.25) is 11.5 Å². The molecule has 0 bridgehead atoms. The van der Waals surface area contributed by atoms with Crippen molar-refractivity contribution in [1.29, 1.82) is 0 Å². The first kappa shape index (κ1) is 28.2. The van der Waals surface area contributed by atoms with Crippen molar-refractivity contribution < 1.29 is 23.0 Å². The number of rotatable bonds is 8. The van der Waals surface area contributed by atoms with E-state index in [1.54, 1.807) is 6.07 Å². The van der Waals surface area contributed by atoms with Gasteiger partial charge in [-0.25, -0.2) is 4.98 Å². The number of methoxy groups -OCH3 is 1. The maximum absolute atomic E-state index is 15.1. The molecule has 0 fully saturated rings. The van der Waals surface area contributed by atoms with Gasteiger partial charge in [0.1, 0.15) is 10.6 Å². The molecule has 4 nitrogen and oxygen atoms in total. The first-order chi connectivity index (χ1) is 19.7. The summed E-state index contributed by atoms with van der Waals surface area (Å²) < 4.78 is 50.3. The zero-order valence-corrected chi connectivity index (χ0v) is 22.7. The van der Waals surface area contributed by atoms with E-state index in [-0.39, 0.29) is 11.6 Å². The Hall–Kier alpha value is -4.33. The van der Waals surface area contributed by atoms with E-state index in [4.69, 9.17) is 16.3 Å². The number of para-hydroxylation sites is 1. The lowest BCUT2D eigenvalue weighted by molar-refractivity contribution is -0.248. The Labute approximate surface area is 241 Å². The Morgan fingerprint density at radius 1 is 0.683 bits per heavy atom. The molecule has 2 N–H and O–H groups in total. The van der Waals surface area contributed by atoms with Crippen LogP contribution in [0.3, 0.4) is 0 Å². The van der Waals surface area contributed by atoms with Gasteiger partial charge in [-0.15, -0.1) is 0 Å². The van der Waals surface area contributed by atoms with Crippen LogP contribution in [0.1, 0.15) is 27.8 Å². The van der Waals surface area contributed by atoms with Gasteiger partial charge >= 0.3 is 6.18 Å². The van der Waals surface area contributed by atoms with Gasteiger partial charge < -0.3 is 15.2 Å². The van der Waals surface area contributed by atoms with Crippen LogP contribution in [0.25, 0.3) is 0 Å². The average molecular weight is 575 g/mol. The minimum Gasteiger partial charge on any atom is -0.480 e. The van der Waals surface area contributed by atoms with Crippen molar-refractivity contribution in [2.75, 3.05) is 12.4 Å². The van der Waals surface area contributed by atoms with Crippen molar-refractivity contribution in [2.24, 2.45) is 0 Å². The Morgan fingerprint density at radius 3 is 1.61 bits per heavy atom. The third-order valence-corrected chi connectivity index (χ3v) is 7.48. The van der Waals surface area contributed by atoms with Crippen LogP contribution in [0.2, 0.25) is 5.02 Å². The fourth-order valence-corrected chi connectivity index (χ4v) is 5.51. The molecule has 5 aromatic rings. The van der Waals surface area contributed by atoms with Crippen molar-refractivity contribution >= 4 is 17.3 Å². The molecule has 0 spiro atoms. The SMILES string of the molecule is COc1nccc(C(O)(c2ccccc2NC(c2ccccc2)(c2ccccc2)c2ccccc2)C(F)(F)F)c1Cl. The number of hydrogen-bond acceptors (Lipinski definition) is 4. The molecular formula is C33H26ClF3N2O2. The maximum Gasteiger partial charge on any atom is 0.425 e. The normalized spacial score (nSPS) is 13.3. The molecule has 1 atom stereocenters. The highest BCUT2D eigenvalue weighted by molar-refractivity contribution is 6.32. The monoisotopic (exact) mass is 574 g/mol. The van der Waals surface area contributed by atoms with Crippen LogP contribution < -0.4 is 10.1 Å². The molecule has 0 aliphatic carbocycles. The van der Waals surface area contributed by atoms with Crippen LogP contribution in [-0.4, -0.2) is 23.4 Å². The summed E-state index contributed by atoms with van der Waals surface area (Å²) >= 11 is 6.35. The lowest BCUT2D eigenvalue weighted by Crippen LogP contribution is -2.45. The van der Waals surface area contributed by atoms with Crippen LogP contribution in [-0.2, 0) is 11.1 Å². The molecule has 41 heavy (non-hydrogen) atoms. The Morgan fingerprint density at radius 2 is 1.15 bits per heavy atom. The number of alkyl halides is 3. The second-order valence-corrected chi connectivity index (χ2v) is 9.79. The van der Waals surface area contributed by atoms with E-state index in [0.29, 0.717) is 0 Å². The standard InChI is InChI=1S/C33H26ClF3N2O2/c1-41-30-29(34)27(21-22-38-30)32(40,33(35,36)37)26-19-11-12-20-28(26)39-31(23-13-5-2-6-14-23,24-15-7-3-8-16-24)25-17-9-4-10-18-25/h2-22,39-40H,1H3. The minimum absolute atomic E-state index is 0.0516. The number of nitrogens with one attached hydrogen (secondary N) is 1. The molecule has 0 aliphatic rings. The molecule has 0 amide bonds. The molecule has 0 saturated carbocycles. The van der Waals surface area contributed by atoms with Gasteiger partial charge in [0.25, 0.3) is 0 Å². The molecule has 8 heteroatoms. The molecule has 1 aromatic heterocycles. The molecule has 0 aliphatic heterocycles. The van der Waals surface area contributed by atoms with Crippen LogP contribution in [0.15, 0.2) is 128 Å². The van der Waals surface area contributed by atoms with E-state index < -0.39 is 33.5 Å². The molecule has 1 unspecified atom stereocenters. The Balaban J connectivity index is 1.82. The molecular weight excluding hydrogens is 549 g/mol. The summed E-state index contributed by atoms with van der Waals surface area (Å²) in [6, 6.07) is 35.2. The van der Waals surface area contributed by atoms with Crippen molar-refractivity contribution in [3.05, 3.63) is 160 Å². The molecule has 0 saturated heterocycles. The summed E-state index contributed by atoms with van der Waals surface area (Å²) in [5.41, 5.74) is -3.29. The summed E-state index contributed by atoms with van der Waals surface area (Å²) in [5.74, 6) is -0.232. The third-order valence-electron chi connectivity index (χ3n) is 7.11. The van der Waals surface area contributed by atoms with Gasteiger partial charge in [-0.05, 0) is 28.8 Å². The summed E-state index contributed by atoms with van der Waals surface area (Å²) in [4.78, 5) is 3.90. The maximum atomic E-state index is 15.1. The second kappa shape index (κ2) is 11.3. The zero-order valence-electron chi connectivity index (χ0n) is 21.9. The van der Waals surface area contributed by atoms with E-state index in [2.05, 4.69) is 10.3 Å². The highest BCUT2D eigenvalue weighted by atomic mass is 35.5. The molecule has 208 valence electrons. The van der Waals surface area contributed by atoms with Crippen LogP contribution in [0.5, 0.6) is 5.88 Å². The van der Waals surface area contributed by atoms with Gasteiger partial charge in [0.05, 0.1) is 7.11 Å². The number of halogens is 4. The van der Waals surface area contributed by atoms with Gasteiger partial charge in [-0.2, -0.15) is 13.2 Å². The van der Waals surface area contributed by atoms with E-state index >= 15 is 13.2 Å². The predicted molar refractivity (Wildman–Crippen MR) is 154 cm³/mol. The topological polar surface area (TPSA) is 54.4 Å². The van der Waals surface area contributed by atoms with E-state index in [1.165, 1.54) is 25.3 Å². The quantitative estimate of drug-likeness (QED) is 0.185. The predicted octanol–water partition coefficient (Wildman–Crippen LogP) is 7.95. The number of hydrogen-bond donors (Lipinski definition) is 2. The number of benzene rings is 4. The van der Waals surface area contributed by atoms with Crippen LogP contribution in [0, 0.1) is 0 Å². The molecule has 1 heterocycles. The molecule has 4 aromatic carbocycles. The van der Waals surface area contributed by atoms with Crippen LogP contribution >= 0.6 is 11.6 Å². The zero-order chi connectivity index (χ0) is 29.1. The fourth-order valence-electron chi connectivity index (χ4n) is 5.19. The van der Waals surface area contributed by atoms with E-state index in [9.17, 15) is 5.11 Å². The molecule has 5 rings (SSSR count). The van der Waals surface area contributed by atoms with Gasteiger partial charge in [0, 0.05) is 23.0 Å². The van der Waals surface area contributed by atoms with Crippen molar-refractivity contribution in [3.63, 3.8) is 0 Å². The highest BCUT2D eigenvalue weighted by Gasteiger charge is 2.59. The number of aliphatic hydroxyl groups is 1. The third kappa shape index (κ3) is 4.92. The van der Waals surface area contributed by atoms with Gasteiger partial charge in [-0.3, -0.25) is 0 Å². The summed E-state index contributed by atoms with van der Waals surface area (Å²) in [7, 11) is 1.24. The lowest BCUT2D eigenvalue weighted by atomic mass is 9.76. The number of pyridine rings is 1. The summed E-state index contributed by atoms with van der Waals surface area (Å²) in [6.45, 7) is 0. The van der Waals surface area contributed by atoms with E-state index in [1.807, 2.05) is 91.0 Å². The summed E-state index contributed by atoms with van der Waals surface area (Å²) in [6.07, 6.45) is -4.05. The van der Waals surface area contributed by atoms with Gasteiger partial charge in [-0.1, -0.05) is 121 Å². The van der Waals surface area contributed by atoms with Crippen molar-refractivity contribution in [2.45, 2.75) is 17.3 Å². The number of nitrogens with zero attached hydrogens (tertiary/aromatic N) is 1. The first-order valence-corrected chi connectivity index (χ1v) is 13.1. The van der Waals surface area contributed by atoms with Crippen molar-refractivity contribution in [3.8, 4) is 5.88 Å². The molecule has 0 radical (unpaired) electrons. The largest absolute Gasteiger partial charge is 0.480 e. The van der Waals surface area contributed by atoms with Crippen LogP contribution in [0.4, 0.5) is 18.9 Å². The highest BCUT2D eigenvalue weighted by Crippen LogP contribution is 2.51. The lowest BCUT2D eigenvalue weighted by Gasteiger charge is -2.40. The second-order valence-electron chi connectivity index (χ2n) is 9.41. The summed E-state index contributed by atoms with van der Waals surface area (Å²) in [5, 5.41) is 14.8. The average Bonchev–Trinajstić information content (AvgIpc) is 3.00. The van der Waals surface area contributed by atoms with Gasteiger partial charge in [0.15, 0.2) is 0 Å².